The van der Waals surface area contributed by atoms with Gasteiger partial charge < -0.3 is 4.42 Å². The summed E-state index contributed by atoms with van der Waals surface area (Å²) in [5, 5.41) is 1.34. The van der Waals surface area contributed by atoms with E-state index in [1.54, 1.807) is 4.57 Å². The topological polar surface area (TPSA) is 60.9 Å². The molecule has 0 unspecified atom stereocenters. The van der Waals surface area contributed by atoms with Gasteiger partial charge in [0, 0.05) is 17.4 Å². The number of para-hydroxylation sites is 1. The van der Waals surface area contributed by atoms with E-state index in [0.717, 1.165) is 17.0 Å². The van der Waals surface area contributed by atoms with Crippen molar-refractivity contribution in [3.63, 3.8) is 0 Å². The van der Waals surface area contributed by atoms with E-state index in [4.69, 9.17) is 9.40 Å². The van der Waals surface area contributed by atoms with Crippen molar-refractivity contribution in [2.24, 2.45) is 0 Å². The number of fused-ring (bicyclic) bond motifs is 1. The first-order chi connectivity index (χ1) is 13.5. The second kappa shape index (κ2) is 7.64. The number of aryl methyl sites for hydroxylation is 1. The zero-order chi connectivity index (χ0) is 19.7. The van der Waals surface area contributed by atoms with Crippen molar-refractivity contribution in [1.29, 1.82) is 0 Å². The predicted molar refractivity (Wildman–Crippen MR) is 113 cm³/mol. The second-order valence-corrected chi connectivity index (χ2v) is 7.80. The molecule has 0 fully saturated rings. The number of benzene rings is 2. The van der Waals surface area contributed by atoms with Crippen LogP contribution in [0.4, 0.5) is 0 Å². The van der Waals surface area contributed by atoms with Gasteiger partial charge >= 0.3 is 0 Å². The molecule has 2 aromatic heterocycles. The Morgan fingerprint density at radius 2 is 1.75 bits per heavy atom. The van der Waals surface area contributed by atoms with Gasteiger partial charge in [0.25, 0.3) is 5.56 Å². The van der Waals surface area contributed by atoms with Gasteiger partial charge in [-0.2, -0.15) is 0 Å². The van der Waals surface area contributed by atoms with Gasteiger partial charge in [0.15, 0.2) is 5.16 Å². The van der Waals surface area contributed by atoms with Crippen LogP contribution in [0, 0.1) is 6.92 Å². The summed E-state index contributed by atoms with van der Waals surface area (Å²) in [5.74, 6) is 1.98. The van der Waals surface area contributed by atoms with E-state index in [1.807, 2.05) is 75.4 Å². The molecule has 0 N–H and O–H groups in total. The fraction of sp³-hybridized carbons (Fsp3) is 0.227. The van der Waals surface area contributed by atoms with Crippen molar-refractivity contribution < 1.29 is 4.42 Å². The maximum Gasteiger partial charge on any atom is 0.262 e. The van der Waals surface area contributed by atoms with E-state index in [0.29, 0.717) is 27.7 Å². The highest BCUT2D eigenvalue weighted by molar-refractivity contribution is 7.98. The highest BCUT2D eigenvalue weighted by atomic mass is 32.2. The van der Waals surface area contributed by atoms with Gasteiger partial charge in [-0.05, 0) is 45.0 Å². The summed E-state index contributed by atoms with van der Waals surface area (Å²) in [6.07, 6.45) is 0. The highest BCUT2D eigenvalue weighted by Gasteiger charge is 2.16. The molecular formula is C22H21N3O2S. The summed E-state index contributed by atoms with van der Waals surface area (Å²) < 4.78 is 7.60. The maximum absolute atomic E-state index is 12.9. The minimum Gasteiger partial charge on any atom is -0.441 e. The molecule has 5 nitrogen and oxygen atoms in total. The zero-order valence-corrected chi connectivity index (χ0v) is 16.9. The van der Waals surface area contributed by atoms with Crippen molar-refractivity contribution in [2.75, 3.05) is 0 Å². The molecule has 6 heteroatoms. The third-order valence-electron chi connectivity index (χ3n) is 4.54. The van der Waals surface area contributed by atoms with Gasteiger partial charge in [0.05, 0.1) is 16.6 Å². The van der Waals surface area contributed by atoms with Crippen LogP contribution >= 0.6 is 11.8 Å². The Morgan fingerprint density at radius 1 is 1.04 bits per heavy atom. The lowest BCUT2D eigenvalue weighted by atomic mass is 10.2. The predicted octanol–water partition coefficient (Wildman–Crippen LogP) is 5.23. The first-order valence-electron chi connectivity index (χ1n) is 9.20. The Labute approximate surface area is 167 Å². The van der Waals surface area contributed by atoms with Gasteiger partial charge in [0.1, 0.15) is 5.76 Å². The number of aromatic nitrogens is 3. The molecule has 28 heavy (non-hydrogen) atoms. The molecule has 0 amide bonds. The van der Waals surface area contributed by atoms with Crippen LogP contribution in [-0.2, 0) is 5.75 Å². The molecule has 0 saturated carbocycles. The van der Waals surface area contributed by atoms with Gasteiger partial charge in [0.2, 0.25) is 5.89 Å². The molecule has 0 radical (unpaired) electrons. The van der Waals surface area contributed by atoms with Crippen LogP contribution in [0.2, 0.25) is 0 Å². The van der Waals surface area contributed by atoms with Crippen LogP contribution in [0.25, 0.3) is 22.4 Å². The molecule has 4 rings (SSSR count). The molecule has 0 bridgehead atoms. The smallest absolute Gasteiger partial charge is 0.262 e. The van der Waals surface area contributed by atoms with Crippen molar-refractivity contribution >= 4 is 22.7 Å². The van der Waals surface area contributed by atoms with E-state index < -0.39 is 0 Å². The van der Waals surface area contributed by atoms with Gasteiger partial charge in [-0.15, -0.1) is 0 Å². The van der Waals surface area contributed by atoms with E-state index in [1.165, 1.54) is 11.8 Å². The van der Waals surface area contributed by atoms with Crippen LogP contribution in [0.1, 0.15) is 31.3 Å². The Bertz CT molecular complexity index is 1180. The van der Waals surface area contributed by atoms with Crippen molar-refractivity contribution in [3.8, 4) is 11.5 Å². The number of rotatable bonds is 5. The highest BCUT2D eigenvalue weighted by Crippen LogP contribution is 2.28. The summed E-state index contributed by atoms with van der Waals surface area (Å²) in [6.45, 7) is 5.91. The Morgan fingerprint density at radius 3 is 2.50 bits per heavy atom. The van der Waals surface area contributed by atoms with Crippen LogP contribution < -0.4 is 5.56 Å². The van der Waals surface area contributed by atoms with Crippen LogP contribution in [0.15, 0.2) is 69.0 Å². The zero-order valence-electron chi connectivity index (χ0n) is 16.0. The Kier molecular flexibility index (Phi) is 5.05. The molecule has 0 aliphatic heterocycles. The minimum absolute atomic E-state index is 0.00931. The number of nitrogens with zero attached hydrogens (tertiary/aromatic N) is 3. The molecule has 0 saturated heterocycles. The summed E-state index contributed by atoms with van der Waals surface area (Å²) in [6, 6.07) is 17.3. The lowest BCUT2D eigenvalue weighted by molar-refractivity contribution is 0.519. The third kappa shape index (κ3) is 3.47. The molecule has 0 aliphatic rings. The van der Waals surface area contributed by atoms with Crippen molar-refractivity contribution in [1.82, 2.24) is 14.5 Å². The lowest BCUT2D eigenvalue weighted by Crippen LogP contribution is -2.25. The fourth-order valence-corrected chi connectivity index (χ4v) is 4.21. The standard InChI is InChI=1S/C22H21N3O2S/c1-14(2)25-21(26)17-11-7-8-12-18(17)24-22(25)28-13-19-15(3)27-20(23-19)16-9-5-4-6-10-16/h4-12,14H,13H2,1-3H3. The average Bonchev–Trinajstić information content (AvgIpc) is 3.07. The lowest BCUT2D eigenvalue weighted by Gasteiger charge is -2.15. The monoisotopic (exact) mass is 391 g/mol. The molecule has 0 atom stereocenters. The van der Waals surface area contributed by atoms with E-state index in [2.05, 4.69) is 4.98 Å². The largest absolute Gasteiger partial charge is 0.441 e. The summed E-state index contributed by atoms with van der Waals surface area (Å²) in [4.78, 5) is 22.3. The normalized spacial score (nSPS) is 11.4. The Balaban J connectivity index is 1.67. The molecule has 0 aliphatic carbocycles. The minimum atomic E-state index is -0.00931. The second-order valence-electron chi connectivity index (χ2n) is 6.86. The maximum atomic E-state index is 12.9. The molecule has 2 aromatic carbocycles. The average molecular weight is 391 g/mol. The molecule has 2 heterocycles. The van der Waals surface area contributed by atoms with Crippen molar-refractivity contribution in [3.05, 3.63) is 76.4 Å². The van der Waals surface area contributed by atoms with Crippen LogP contribution in [-0.4, -0.2) is 14.5 Å². The van der Waals surface area contributed by atoms with Gasteiger partial charge in [-0.25, -0.2) is 9.97 Å². The fourth-order valence-electron chi connectivity index (χ4n) is 3.08. The molecule has 142 valence electrons. The number of thioether (sulfide) groups is 1. The summed E-state index contributed by atoms with van der Waals surface area (Å²) in [7, 11) is 0. The number of hydrogen-bond acceptors (Lipinski definition) is 5. The van der Waals surface area contributed by atoms with Gasteiger partial charge in [-0.1, -0.05) is 42.1 Å². The van der Waals surface area contributed by atoms with E-state index >= 15 is 0 Å². The first kappa shape index (κ1) is 18.5. The van der Waals surface area contributed by atoms with E-state index in [-0.39, 0.29) is 11.6 Å². The molecule has 0 spiro atoms. The van der Waals surface area contributed by atoms with Crippen molar-refractivity contribution in [2.45, 2.75) is 37.7 Å². The van der Waals surface area contributed by atoms with Crippen LogP contribution in [0.3, 0.4) is 0 Å². The molecular weight excluding hydrogens is 370 g/mol. The third-order valence-corrected chi connectivity index (χ3v) is 5.51. The summed E-state index contributed by atoms with van der Waals surface area (Å²) >= 11 is 1.51. The van der Waals surface area contributed by atoms with E-state index in [9.17, 15) is 4.79 Å². The van der Waals surface area contributed by atoms with Crippen LogP contribution in [0.5, 0.6) is 0 Å². The number of hydrogen-bond donors (Lipinski definition) is 0. The molecule has 4 aromatic rings. The number of oxazole rings is 1. The first-order valence-corrected chi connectivity index (χ1v) is 10.2. The summed E-state index contributed by atoms with van der Waals surface area (Å²) in [5.41, 5.74) is 2.52. The quantitative estimate of drug-likeness (QED) is 0.344. The Hall–Kier alpha value is -2.86. The van der Waals surface area contributed by atoms with Gasteiger partial charge in [-0.3, -0.25) is 9.36 Å². The SMILES string of the molecule is Cc1oc(-c2ccccc2)nc1CSc1nc2ccccc2c(=O)n1C(C)C.